The largest absolute Gasteiger partial charge is 0.508 e. The first kappa shape index (κ1) is 30.5. The first-order valence-corrected chi connectivity index (χ1v) is 14.0. The second kappa shape index (κ2) is 13.9. The SMILES string of the molecule is CSc1ncc2cc(-c3ccccc3)c(-c3ccc(CNCCc4ccc(O)cc4)cc3)nc2n1.O=C(O)C(F)(F)F. The van der Waals surface area contributed by atoms with E-state index in [2.05, 4.69) is 57.7 Å². The van der Waals surface area contributed by atoms with Crippen LogP contribution in [0.2, 0.25) is 0 Å². The molecule has 216 valence electrons. The first-order chi connectivity index (χ1) is 20.1. The summed E-state index contributed by atoms with van der Waals surface area (Å²) >= 11 is 1.52. The number of nitrogens with one attached hydrogen (secondary N) is 1. The molecule has 0 aliphatic carbocycles. The molecule has 0 aliphatic heterocycles. The maximum atomic E-state index is 10.6. The molecule has 7 nitrogen and oxygen atoms in total. The molecule has 3 aromatic carbocycles. The number of fused-ring (bicyclic) bond motifs is 1. The highest BCUT2D eigenvalue weighted by molar-refractivity contribution is 7.98. The maximum absolute atomic E-state index is 10.6. The lowest BCUT2D eigenvalue weighted by Crippen LogP contribution is -2.21. The van der Waals surface area contributed by atoms with Gasteiger partial charge in [0.1, 0.15) is 5.75 Å². The van der Waals surface area contributed by atoms with Gasteiger partial charge in [-0.25, -0.2) is 19.7 Å². The van der Waals surface area contributed by atoms with Crippen molar-refractivity contribution in [2.24, 2.45) is 0 Å². The summed E-state index contributed by atoms with van der Waals surface area (Å²) in [5.41, 5.74) is 7.29. The van der Waals surface area contributed by atoms with E-state index in [1.54, 1.807) is 12.1 Å². The highest BCUT2D eigenvalue weighted by Gasteiger charge is 2.38. The van der Waals surface area contributed by atoms with Crippen LogP contribution >= 0.6 is 11.8 Å². The third kappa shape index (κ3) is 8.27. The molecule has 0 spiro atoms. The van der Waals surface area contributed by atoms with Gasteiger partial charge >= 0.3 is 12.1 Å². The van der Waals surface area contributed by atoms with Crippen molar-refractivity contribution in [2.75, 3.05) is 12.8 Å². The van der Waals surface area contributed by atoms with Gasteiger partial charge in [0.05, 0.1) is 5.69 Å². The van der Waals surface area contributed by atoms with Crippen LogP contribution in [-0.4, -0.2) is 50.1 Å². The van der Waals surface area contributed by atoms with E-state index in [0.717, 1.165) is 52.4 Å². The van der Waals surface area contributed by atoms with E-state index >= 15 is 0 Å². The molecule has 0 saturated carbocycles. The van der Waals surface area contributed by atoms with Crippen LogP contribution in [0.25, 0.3) is 33.4 Å². The summed E-state index contributed by atoms with van der Waals surface area (Å²) in [6.07, 6.45) is -0.345. The van der Waals surface area contributed by atoms with E-state index in [9.17, 15) is 18.3 Å². The van der Waals surface area contributed by atoms with Crippen LogP contribution in [0.15, 0.2) is 96.3 Å². The Kier molecular flexibility index (Phi) is 10.1. The average molecular weight is 593 g/mol. The Bertz CT molecular complexity index is 1630. The summed E-state index contributed by atoms with van der Waals surface area (Å²) in [5.74, 6) is -2.46. The van der Waals surface area contributed by atoms with Crippen LogP contribution in [0.3, 0.4) is 0 Å². The van der Waals surface area contributed by atoms with Gasteiger partial charge in [-0.2, -0.15) is 13.2 Å². The third-order valence-corrected chi connectivity index (χ3v) is 6.70. The van der Waals surface area contributed by atoms with E-state index in [-0.39, 0.29) is 0 Å². The fourth-order valence-electron chi connectivity index (χ4n) is 4.01. The van der Waals surface area contributed by atoms with Gasteiger partial charge in [-0.3, -0.25) is 0 Å². The number of benzene rings is 3. The second-order valence-corrected chi connectivity index (χ2v) is 9.89. The molecule has 0 aliphatic rings. The molecular weight excluding hydrogens is 565 g/mol. The van der Waals surface area contributed by atoms with Gasteiger partial charge in [0.25, 0.3) is 0 Å². The van der Waals surface area contributed by atoms with Crippen molar-refractivity contribution in [1.29, 1.82) is 0 Å². The second-order valence-electron chi connectivity index (χ2n) is 9.11. The van der Waals surface area contributed by atoms with Crippen LogP contribution in [0.4, 0.5) is 13.2 Å². The number of thioether (sulfide) groups is 1. The lowest BCUT2D eigenvalue weighted by Gasteiger charge is -2.12. The number of phenols is 1. The quantitative estimate of drug-likeness (QED) is 0.103. The summed E-state index contributed by atoms with van der Waals surface area (Å²) < 4.78 is 31.7. The topological polar surface area (TPSA) is 108 Å². The third-order valence-electron chi connectivity index (χ3n) is 6.14. The molecule has 5 aromatic rings. The Morgan fingerprint density at radius 1 is 0.905 bits per heavy atom. The van der Waals surface area contributed by atoms with Crippen molar-refractivity contribution in [2.45, 2.75) is 24.3 Å². The van der Waals surface area contributed by atoms with Gasteiger partial charge in [0.15, 0.2) is 10.8 Å². The number of carboxylic acids is 1. The Morgan fingerprint density at radius 3 is 2.17 bits per heavy atom. The lowest BCUT2D eigenvalue weighted by atomic mass is 9.98. The van der Waals surface area contributed by atoms with Crippen molar-refractivity contribution < 1.29 is 28.2 Å². The normalized spacial score (nSPS) is 11.1. The molecule has 0 fully saturated rings. The molecule has 11 heteroatoms. The summed E-state index contributed by atoms with van der Waals surface area (Å²) in [6.45, 7) is 1.66. The summed E-state index contributed by atoms with van der Waals surface area (Å²) in [7, 11) is 0. The van der Waals surface area contributed by atoms with Gasteiger partial charge in [0.2, 0.25) is 0 Å². The number of carbonyl (C=O) groups is 1. The standard InChI is InChI=1S/C29H26N4OS.C2HF3O2/c1-35-29-31-19-24-17-26(22-5-3-2-4-6-22)27(32-28(24)33-29)23-11-7-21(8-12-23)18-30-16-15-20-9-13-25(34)14-10-20;3-2(4,5)1(6)7/h2-14,17,19,30,34H,15-16,18H2,1H3;(H,6,7). The fraction of sp³-hybridized carbons (Fsp3) is 0.161. The van der Waals surface area contributed by atoms with Gasteiger partial charge in [0, 0.05) is 29.3 Å². The first-order valence-electron chi connectivity index (χ1n) is 12.8. The number of aliphatic carboxylic acids is 1. The number of carboxylic acid groups (broad SMARTS) is 1. The number of hydrogen-bond donors (Lipinski definition) is 3. The van der Waals surface area contributed by atoms with Crippen LogP contribution < -0.4 is 5.32 Å². The number of rotatable bonds is 8. The van der Waals surface area contributed by atoms with Crippen molar-refractivity contribution in [3.63, 3.8) is 0 Å². The van der Waals surface area contributed by atoms with Crippen molar-refractivity contribution in [3.05, 3.63) is 102 Å². The van der Waals surface area contributed by atoms with Crippen LogP contribution in [-0.2, 0) is 17.8 Å². The van der Waals surface area contributed by atoms with Gasteiger partial charge in [-0.05, 0) is 54.1 Å². The molecule has 0 unspecified atom stereocenters. The van der Waals surface area contributed by atoms with E-state index in [0.29, 0.717) is 11.4 Å². The minimum absolute atomic E-state index is 0.301. The van der Waals surface area contributed by atoms with Gasteiger partial charge in [-0.1, -0.05) is 78.5 Å². The molecule has 5 rings (SSSR count). The summed E-state index contributed by atoms with van der Waals surface area (Å²) in [4.78, 5) is 22.9. The molecule has 0 radical (unpaired) electrons. The van der Waals surface area contributed by atoms with Crippen molar-refractivity contribution in [3.8, 4) is 28.1 Å². The molecular formula is C31H27F3N4O3S. The van der Waals surface area contributed by atoms with Crippen LogP contribution in [0.5, 0.6) is 5.75 Å². The zero-order chi connectivity index (χ0) is 30.1. The Labute approximate surface area is 244 Å². The van der Waals surface area contributed by atoms with Crippen LogP contribution in [0.1, 0.15) is 11.1 Å². The highest BCUT2D eigenvalue weighted by Crippen LogP contribution is 2.33. The minimum atomic E-state index is -5.08. The Hall–Kier alpha value is -4.48. The van der Waals surface area contributed by atoms with Gasteiger partial charge < -0.3 is 15.5 Å². The van der Waals surface area contributed by atoms with E-state index < -0.39 is 12.1 Å². The summed E-state index contributed by atoms with van der Waals surface area (Å²) in [6, 6.07) is 28.4. The monoisotopic (exact) mass is 592 g/mol. The van der Waals surface area contributed by atoms with E-state index in [1.165, 1.54) is 22.9 Å². The Balaban J connectivity index is 0.000000517. The van der Waals surface area contributed by atoms with Gasteiger partial charge in [-0.15, -0.1) is 0 Å². The number of nitrogens with zero attached hydrogens (tertiary/aromatic N) is 3. The zero-order valence-electron chi connectivity index (χ0n) is 22.5. The molecule has 0 saturated heterocycles. The number of pyridine rings is 1. The minimum Gasteiger partial charge on any atom is -0.508 e. The predicted octanol–water partition coefficient (Wildman–Crippen LogP) is 6.75. The van der Waals surface area contributed by atoms with Crippen molar-refractivity contribution in [1.82, 2.24) is 20.3 Å². The lowest BCUT2D eigenvalue weighted by molar-refractivity contribution is -0.192. The Morgan fingerprint density at radius 2 is 1.55 bits per heavy atom. The number of aromatic hydroxyl groups is 1. The number of hydrogen-bond acceptors (Lipinski definition) is 7. The maximum Gasteiger partial charge on any atom is 0.490 e. The number of aromatic nitrogens is 3. The smallest absolute Gasteiger partial charge is 0.490 e. The molecule has 42 heavy (non-hydrogen) atoms. The van der Waals surface area contributed by atoms with Crippen LogP contribution in [0, 0.1) is 0 Å². The molecule has 2 heterocycles. The van der Waals surface area contributed by atoms with E-state index in [1.807, 2.05) is 42.8 Å². The molecule has 3 N–H and O–H groups in total. The number of halogens is 3. The molecule has 0 amide bonds. The predicted molar refractivity (Wildman–Crippen MR) is 157 cm³/mol. The summed E-state index contributed by atoms with van der Waals surface area (Å²) in [5, 5.41) is 21.7. The fourth-order valence-corrected chi connectivity index (χ4v) is 4.35. The number of phenolic OH excluding ortho intramolecular Hbond substituents is 1. The molecule has 0 bridgehead atoms. The molecule has 2 aromatic heterocycles. The average Bonchev–Trinajstić information content (AvgIpc) is 3.00. The van der Waals surface area contributed by atoms with Crippen molar-refractivity contribution >= 4 is 28.8 Å². The number of alkyl halides is 3. The highest BCUT2D eigenvalue weighted by atomic mass is 32.2. The van der Waals surface area contributed by atoms with E-state index in [4.69, 9.17) is 14.9 Å². The molecule has 0 atom stereocenters. The zero-order valence-corrected chi connectivity index (χ0v) is 23.3.